The van der Waals surface area contributed by atoms with Gasteiger partial charge in [0.1, 0.15) is 6.10 Å². The fourth-order valence-electron chi connectivity index (χ4n) is 1.78. The fourth-order valence-corrected chi connectivity index (χ4v) is 2.64. The molecule has 1 unspecified atom stereocenters. The van der Waals surface area contributed by atoms with Gasteiger partial charge in [-0.25, -0.2) is 8.42 Å². The van der Waals surface area contributed by atoms with Crippen molar-refractivity contribution in [1.82, 2.24) is 0 Å². The van der Waals surface area contributed by atoms with Crippen molar-refractivity contribution in [2.45, 2.75) is 32.8 Å². The van der Waals surface area contributed by atoms with Crippen LogP contribution in [0.1, 0.15) is 26.7 Å². The molecule has 0 aromatic heterocycles. The Morgan fingerprint density at radius 1 is 1.50 bits per heavy atom. The Balaban J connectivity index is 2.68. The van der Waals surface area contributed by atoms with E-state index < -0.39 is 15.9 Å². The van der Waals surface area contributed by atoms with Gasteiger partial charge in [0.25, 0.3) is 0 Å². The number of carbonyl (C=O) groups excluding carboxylic acids is 1. The molecule has 0 aromatic rings. The Morgan fingerprint density at radius 2 is 2.07 bits per heavy atom. The van der Waals surface area contributed by atoms with Crippen molar-refractivity contribution < 1.29 is 17.9 Å². The Labute approximate surface area is 84.6 Å². The van der Waals surface area contributed by atoms with E-state index in [4.69, 9.17) is 4.74 Å². The van der Waals surface area contributed by atoms with E-state index in [1.165, 1.54) is 0 Å². The first-order valence-electron chi connectivity index (χ1n) is 4.55. The summed E-state index contributed by atoms with van der Waals surface area (Å²) in [5.74, 6) is -0.364. The molecule has 1 atom stereocenters. The van der Waals surface area contributed by atoms with E-state index in [1.807, 2.05) is 13.8 Å². The highest BCUT2D eigenvalue weighted by atomic mass is 32.2. The molecular formula is C9H16O4S. The van der Waals surface area contributed by atoms with Crippen LogP contribution in [0.2, 0.25) is 0 Å². The molecule has 1 fully saturated rings. The molecule has 0 aromatic carbocycles. The summed E-state index contributed by atoms with van der Waals surface area (Å²) in [5.41, 5.74) is -0.148. The zero-order valence-corrected chi connectivity index (χ0v) is 9.56. The van der Waals surface area contributed by atoms with Gasteiger partial charge in [0.05, 0.1) is 12.2 Å². The monoisotopic (exact) mass is 220 g/mol. The molecule has 5 heteroatoms. The van der Waals surface area contributed by atoms with Gasteiger partial charge >= 0.3 is 5.97 Å². The predicted molar refractivity (Wildman–Crippen MR) is 52.6 cm³/mol. The van der Waals surface area contributed by atoms with Gasteiger partial charge < -0.3 is 4.74 Å². The Bertz CT molecular complexity index is 329. The van der Waals surface area contributed by atoms with Crippen LogP contribution in [0.5, 0.6) is 0 Å². The summed E-state index contributed by atoms with van der Waals surface area (Å²) >= 11 is 0. The molecule has 1 aliphatic rings. The molecule has 0 amide bonds. The van der Waals surface area contributed by atoms with E-state index in [-0.39, 0.29) is 17.1 Å². The van der Waals surface area contributed by atoms with E-state index in [2.05, 4.69) is 0 Å². The SMILES string of the molecule is CC1(C)CC(=O)OC(CS(C)(=O)=O)C1. The first-order valence-corrected chi connectivity index (χ1v) is 6.61. The van der Waals surface area contributed by atoms with Crippen LogP contribution in [0, 0.1) is 5.41 Å². The summed E-state index contributed by atoms with van der Waals surface area (Å²) in [6.45, 7) is 3.89. The second-order valence-electron chi connectivity index (χ2n) is 4.75. The Hall–Kier alpha value is -0.580. The number of ether oxygens (including phenoxy) is 1. The van der Waals surface area contributed by atoms with Gasteiger partial charge in [-0.1, -0.05) is 13.8 Å². The number of hydrogen-bond donors (Lipinski definition) is 0. The highest BCUT2D eigenvalue weighted by Gasteiger charge is 2.35. The van der Waals surface area contributed by atoms with E-state index in [0.29, 0.717) is 12.8 Å². The third kappa shape index (κ3) is 3.65. The van der Waals surface area contributed by atoms with Crippen LogP contribution in [-0.2, 0) is 19.4 Å². The highest BCUT2D eigenvalue weighted by Crippen LogP contribution is 2.33. The molecule has 0 bridgehead atoms. The summed E-state index contributed by atoms with van der Waals surface area (Å²) in [6, 6.07) is 0. The predicted octanol–water partition coefficient (Wildman–Crippen LogP) is 0.763. The second-order valence-corrected chi connectivity index (χ2v) is 6.93. The quantitative estimate of drug-likeness (QED) is 0.645. The molecule has 0 saturated carbocycles. The molecule has 0 aliphatic carbocycles. The van der Waals surface area contributed by atoms with Gasteiger partial charge in [-0.3, -0.25) is 4.79 Å². The fraction of sp³-hybridized carbons (Fsp3) is 0.889. The van der Waals surface area contributed by atoms with Gasteiger partial charge in [0.15, 0.2) is 9.84 Å². The number of hydrogen-bond acceptors (Lipinski definition) is 4. The topological polar surface area (TPSA) is 60.4 Å². The minimum absolute atomic E-state index is 0.0673. The minimum atomic E-state index is -3.07. The first-order chi connectivity index (χ1) is 6.18. The summed E-state index contributed by atoms with van der Waals surface area (Å²) in [5, 5.41) is 0. The number of sulfone groups is 1. The molecular weight excluding hydrogens is 204 g/mol. The normalized spacial score (nSPS) is 27.1. The van der Waals surface area contributed by atoms with Crippen LogP contribution in [0.3, 0.4) is 0 Å². The van der Waals surface area contributed by atoms with Crippen molar-refractivity contribution in [3.63, 3.8) is 0 Å². The largest absolute Gasteiger partial charge is 0.461 e. The molecule has 82 valence electrons. The van der Waals surface area contributed by atoms with Crippen molar-refractivity contribution in [2.24, 2.45) is 5.41 Å². The average Bonchev–Trinajstić information content (AvgIpc) is 1.74. The van der Waals surface area contributed by atoms with E-state index in [1.54, 1.807) is 0 Å². The van der Waals surface area contributed by atoms with Gasteiger partial charge in [0, 0.05) is 6.26 Å². The van der Waals surface area contributed by atoms with Crippen LogP contribution in [0.25, 0.3) is 0 Å². The lowest BCUT2D eigenvalue weighted by Gasteiger charge is -2.33. The summed E-state index contributed by atoms with van der Waals surface area (Å²) in [7, 11) is -3.07. The van der Waals surface area contributed by atoms with Crippen LogP contribution in [0.4, 0.5) is 0 Å². The van der Waals surface area contributed by atoms with Crippen molar-refractivity contribution in [3.8, 4) is 0 Å². The lowest BCUT2D eigenvalue weighted by molar-refractivity contribution is -0.158. The third-order valence-corrected chi connectivity index (χ3v) is 3.17. The lowest BCUT2D eigenvalue weighted by Crippen LogP contribution is -2.38. The minimum Gasteiger partial charge on any atom is -0.461 e. The number of cyclic esters (lactones) is 1. The highest BCUT2D eigenvalue weighted by molar-refractivity contribution is 7.90. The lowest BCUT2D eigenvalue weighted by atomic mass is 9.82. The Morgan fingerprint density at radius 3 is 2.50 bits per heavy atom. The van der Waals surface area contributed by atoms with Gasteiger partial charge in [-0.15, -0.1) is 0 Å². The van der Waals surface area contributed by atoms with Crippen molar-refractivity contribution in [2.75, 3.05) is 12.0 Å². The van der Waals surface area contributed by atoms with E-state index >= 15 is 0 Å². The van der Waals surface area contributed by atoms with Gasteiger partial charge in [-0.2, -0.15) is 0 Å². The summed E-state index contributed by atoms with van der Waals surface area (Å²) in [6.07, 6.45) is 1.67. The van der Waals surface area contributed by atoms with Crippen LogP contribution in [-0.4, -0.2) is 32.5 Å². The molecule has 0 N–H and O–H groups in total. The molecule has 14 heavy (non-hydrogen) atoms. The number of carbonyl (C=O) groups is 1. The van der Waals surface area contributed by atoms with E-state index in [9.17, 15) is 13.2 Å². The van der Waals surface area contributed by atoms with Crippen molar-refractivity contribution in [3.05, 3.63) is 0 Å². The number of esters is 1. The van der Waals surface area contributed by atoms with Gasteiger partial charge in [-0.05, 0) is 11.8 Å². The smallest absolute Gasteiger partial charge is 0.306 e. The number of rotatable bonds is 2. The molecule has 1 aliphatic heterocycles. The molecule has 1 rings (SSSR count). The molecule has 0 radical (unpaired) electrons. The van der Waals surface area contributed by atoms with E-state index in [0.717, 1.165) is 6.26 Å². The summed E-state index contributed by atoms with van der Waals surface area (Å²) < 4.78 is 27.0. The molecule has 1 heterocycles. The molecule has 0 spiro atoms. The second kappa shape index (κ2) is 3.53. The Kier molecular flexibility index (Phi) is 2.90. The maximum Gasteiger partial charge on any atom is 0.306 e. The van der Waals surface area contributed by atoms with Crippen molar-refractivity contribution >= 4 is 15.8 Å². The molecule has 1 saturated heterocycles. The zero-order chi connectivity index (χ0) is 11.0. The standard InChI is InChI=1S/C9H16O4S/c1-9(2)4-7(6-14(3,11)12)13-8(10)5-9/h7H,4-6H2,1-3H3. The van der Waals surface area contributed by atoms with Crippen LogP contribution in [0.15, 0.2) is 0 Å². The van der Waals surface area contributed by atoms with Gasteiger partial charge in [0.2, 0.25) is 0 Å². The maximum atomic E-state index is 11.2. The molecule has 4 nitrogen and oxygen atoms in total. The van der Waals surface area contributed by atoms with Crippen LogP contribution >= 0.6 is 0 Å². The maximum absolute atomic E-state index is 11.2. The summed E-state index contributed by atoms with van der Waals surface area (Å²) in [4.78, 5) is 11.2. The van der Waals surface area contributed by atoms with Crippen LogP contribution < -0.4 is 0 Å². The third-order valence-electron chi connectivity index (χ3n) is 2.19. The first kappa shape index (κ1) is 11.5. The zero-order valence-electron chi connectivity index (χ0n) is 8.74. The van der Waals surface area contributed by atoms with Crippen molar-refractivity contribution in [1.29, 1.82) is 0 Å². The average molecular weight is 220 g/mol.